The quantitative estimate of drug-likeness (QED) is 0.231. The topological polar surface area (TPSA) is 250 Å². The van der Waals surface area contributed by atoms with E-state index in [0.717, 1.165) is 0 Å². The van der Waals surface area contributed by atoms with Crippen molar-refractivity contribution in [3.63, 3.8) is 0 Å². The average molecular weight is 447 g/mol. The van der Waals surface area contributed by atoms with Crippen molar-refractivity contribution in [3.8, 4) is 0 Å². The van der Waals surface area contributed by atoms with Crippen LogP contribution in [0.4, 0.5) is 0 Å². The van der Waals surface area contributed by atoms with Crippen molar-refractivity contribution >= 4 is 85.1 Å². The van der Waals surface area contributed by atoms with Crippen LogP contribution in [0.2, 0.25) is 0 Å². The van der Waals surface area contributed by atoms with Crippen LogP contribution in [0, 0.1) is 0 Å². The molecule has 17 heteroatoms. The van der Waals surface area contributed by atoms with Gasteiger partial charge >= 0.3 is 61.6 Å². The Labute approximate surface area is 141 Å². The molecule has 0 fully saturated rings. The summed E-state index contributed by atoms with van der Waals surface area (Å²) >= 11 is 0. The first-order valence-electron chi connectivity index (χ1n) is 2.24. The molecule has 0 aliphatic carbocycles. The van der Waals surface area contributed by atoms with E-state index < -0.39 is 23.5 Å². The predicted octanol–water partition coefficient (Wildman–Crippen LogP) is -7.34. The Morgan fingerprint density at radius 3 is 0.588 bits per heavy atom. The third-order valence-corrected chi connectivity index (χ3v) is 0. The smallest absolute Gasteiger partial charge is 0.790 e. The minimum Gasteiger partial charge on any atom is -0.790 e. The van der Waals surface area contributed by atoms with Gasteiger partial charge in [0.1, 0.15) is 0 Å². The van der Waals surface area contributed by atoms with E-state index in [9.17, 15) is 0 Å². The predicted molar refractivity (Wildman–Crippen MR) is 41.0 cm³/mol. The number of hydrogen-bond donors (Lipinski definition) is 3. The molecule has 0 aromatic carbocycles. The van der Waals surface area contributed by atoms with Crippen LogP contribution in [0.1, 0.15) is 0 Å². The second-order valence-electron chi connectivity index (χ2n) is 1.41. The molecule has 0 saturated heterocycles. The van der Waals surface area contributed by atoms with E-state index in [4.69, 9.17) is 57.7 Å². The van der Waals surface area contributed by atoms with Crippen molar-refractivity contribution in [3.05, 3.63) is 0 Å². The van der Waals surface area contributed by atoms with Gasteiger partial charge in [0.2, 0.25) is 0 Å². The normalized spacial score (nSPS) is 10.4. The van der Waals surface area contributed by atoms with Gasteiger partial charge in [-0.25, -0.2) is 0 Å². The Bertz CT molecular complexity index is 208. The third kappa shape index (κ3) is 866. The maximum absolute atomic E-state index is 8.66. The standard InChI is InChI=1S/Ca.3H3O4P.Sn/c;3*1-5(2,3)4;/h;3*(H3,1,2,3,4);/q+2;;;;+4/p-6. The molecule has 0 aromatic heterocycles. The Hall–Kier alpha value is 2.39. The Kier molecular flexibility index (Phi) is 24.9. The minimum atomic E-state index is -5.14. The Morgan fingerprint density at radius 2 is 0.588 bits per heavy atom. The van der Waals surface area contributed by atoms with Crippen LogP contribution in [-0.2, 0) is 13.7 Å². The van der Waals surface area contributed by atoms with E-state index in [1.807, 2.05) is 0 Å². The largest absolute Gasteiger partial charge is 4.00 e. The van der Waals surface area contributed by atoms with E-state index in [1.54, 1.807) is 0 Å². The molecule has 0 aliphatic rings. The first kappa shape index (κ1) is 31.7. The van der Waals surface area contributed by atoms with Crippen LogP contribution in [0.5, 0.6) is 0 Å². The van der Waals surface area contributed by atoms with Gasteiger partial charge in [-0.15, -0.1) is 0 Å². The van der Waals surface area contributed by atoms with Crippen LogP contribution >= 0.6 is 23.5 Å². The van der Waals surface area contributed by atoms with E-state index in [1.165, 1.54) is 0 Å². The van der Waals surface area contributed by atoms with E-state index >= 15 is 0 Å². The van der Waals surface area contributed by atoms with Crippen LogP contribution in [0.25, 0.3) is 0 Å². The van der Waals surface area contributed by atoms with Gasteiger partial charge in [-0.2, -0.15) is 0 Å². The fraction of sp³-hybridized carbons (Fsp3) is 0. The average Bonchev–Trinajstić information content (AvgIpc) is 1.41. The minimum absolute atomic E-state index is 0. The molecule has 0 spiro atoms. The number of phosphoric acid groups is 3. The SMILES string of the molecule is O=P([O-])([O-])O.O=P([O-])([O-])O.O=P([O-])([O-])O.[Ca+2].[Sn+4]. The molecule has 0 atom stereocenters. The molecule has 0 radical (unpaired) electrons. The maximum Gasteiger partial charge on any atom is 4.00 e. The van der Waals surface area contributed by atoms with Gasteiger partial charge in [0.15, 0.2) is 0 Å². The van der Waals surface area contributed by atoms with Gasteiger partial charge in [-0.3, -0.25) is 0 Å². The Balaban J connectivity index is -0.0000000400. The summed E-state index contributed by atoms with van der Waals surface area (Å²) in [5, 5.41) is 0. The monoisotopic (exact) mass is 448 g/mol. The third-order valence-electron chi connectivity index (χ3n) is 0. The van der Waals surface area contributed by atoms with Crippen molar-refractivity contribution < 1.29 is 57.7 Å². The van der Waals surface area contributed by atoms with Gasteiger partial charge in [0.05, 0.1) is 23.5 Å². The summed E-state index contributed by atoms with van der Waals surface area (Å²) in [6.07, 6.45) is 0. The summed E-state index contributed by atoms with van der Waals surface area (Å²) in [7, 11) is -15.4. The molecule has 0 heterocycles. The van der Waals surface area contributed by atoms with Crippen molar-refractivity contribution in [2.24, 2.45) is 0 Å². The molecule has 0 aromatic rings. The van der Waals surface area contributed by atoms with E-state index in [2.05, 4.69) is 0 Å². The van der Waals surface area contributed by atoms with Crippen LogP contribution in [0.15, 0.2) is 0 Å². The molecule has 0 aliphatic heterocycles. The van der Waals surface area contributed by atoms with Crippen LogP contribution in [0.3, 0.4) is 0 Å². The van der Waals surface area contributed by atoms with Crippen molar-refractivity contribution in [1.82, 2.24) is 0 Å². The molecule has 0 saturated carbocycles. The fourth-order valence-corrected chi connectivity index (χ4v) is 0. The van der Waals surface area contributed by atoms with E-state index in [0.29, 0.717) is 0 Å². The number of hydrogen-bond acceptors (Lipinski definition) is 9. The van der Waals surface area contributed by atoms with E-state index in [-0.39, 0.29) is 61.6 Å². The van der Waals surface area contributed by atoms with Gasteiger partial charge in [0.25, 0.3) is 0 Å². The molecule has 12 nitrogen and oxygen atoms in total. The van der Waals surface area contributed by atoms with Gasteiger partial charge in [0, 0.05) is 0 Å². The zero-order valence-electron chi connectivity index (χ0n) is 7.56. The Morgan fingerprint density at radius 1 is 0.588 bits per heavy atom. The molecule has 96 valence electrons. The fourth-order valence-electron chi connectivity index (χ4n) is 0. The zero-order valence-corrected chi connectivity index (χ0v) is 15.3. The zero-order chi connectivity index (χ0) is 13.5. The first-order valence-corrected chi connectivity index (χ1v) is 6.73. The second kappa shape index (κ2) is 13.4. The van der Waals surface area contributed by atoms with Crippen molar-refractivity contribution in [2.75, 3.05) is 0 Å². The summed E-state index contributed by atoms with van der Waals surface area (Å²) in [4.78, 5) is 72.9. The van der Waals surface area contributed by atoms with Gasteiger partial charge in [-0.05, 0) is 0 Å². The summed E-state index contributed by atoms with van der Waals surface area (Å²) in [5.41, 5.74) is 0. The molecule has 17 heavy (non-hydrogen) atoms. The second-order valence-corrected chi connectivity index (χ2v) is 4.22. The van der Waals surface area contributed by atoms with Gasteiger partial charge in [-0.1, -0.05) is 0 Å². The molecule has 0 unspecified atom stereocenters. The van der Waals surface area contributed by atoms with Crippen molar-refractivity contribution in [1.29, 1.82) is 0 Å². The van der Waals surface area contributed by atoms with Gasteiger partial charge < -0.3 is 57.7 Å². The number of rotatable bonds is 0. The van der Waals surface area contributed by atoms with Crippen molar-refractivity contribution in [2.45, 2.75) is 0 Å². The van der Waals surface area contributed by atoms with Crippen LogP contribution in [-0.4, -0.2) is 76.3 Å². The summed E-state index contributed by atoms with van der Waals surface area (Å²) < 4.78 is 26.0. The molecule has 0 amide bonds. The molecule has 0 bridgehead atoms. The molecular weight excluding hydrogens is 444 g/mol. The van der Waals surface area contributed by atoms with Crippen LogP contribution < -0.4 is 29.4 Å². The summed E-state index contributed by atoms with van der Waals surface area (Å²) in [6.45, 7) is 0. The molecule has 0 rings (SSSR count). The summed E-state index contributed by atoms with van der Waals surface area (Å²) in [5.74, 6) is 0. The molecular formula is H3CaO12P3Sn. The maximum atomic E-state index is 8.66. The molecule has 3 N–H and O–H groups in total. The summed E-state index contributed by atoms with van der Waals surface area (Å²) in [6, 6.07) is 0. The first-order chi connectivity index (χ1) is 6.00.